The Kier molecular flexibility index (Phi) is 10.5. The second kappa shape index (κ2) is 14.8. The Labute approximate surface area is 258 Å². The first-order valence-electron chi connectivity index (χ1n) is 15.6. The van der Waals surface area contributed by atoms with Crippen molar-refractivity contribution in [3.63, 3.8) is 0 Å². The number of rotatable bonds is 11. The predicted octanol–water partition coefficient (Wildman–Crippen LogP) is 8.91. The summed E-state index contributed by atoms with van der Waals surface area (Å²) in [5.41, 5.74) is 8.71. The fourth-order valence-corrected chi connectivity index (χ4v) is 6.03. The molecule has 1 aliphatic rings. The Morgan fingerprint density at radius 2 is 1.60 bits per heavy atom. The number of allylic oxidation sites excluding steroid dienone is 2. The molecule has 1 aromatic heterocycles. The van der Waals surface area contributed by atoms with E-state index < -0.39 is 0 Å². The molecule has 4 aromatic rings. The molecular weight excluding hydrogens is 526 g/mol. The van der Waals surface area contributed by atoms with Crippen molar-refractivity contribution in [3.8, 4) is 17.0 Å². The number of likely N-dealkylation sites (tertiary alicyclic amines) is 1. The molecule has 4 heteroatoms. The summed E-state index contributed by atoms with van der Waals surface area (Å²) >= 11 is 0. The normalized spacial score (nSPS) is 15.1. The number of ether oxygens (including phenoxy) is 1. The highest BCUT2D eigenvalue weighted by Crippen LogP contribution is 2.29. The average molecular weight is 572 g/mol. The van der Waals surface area contributed by atoms with Gasteiger partial charge in [0.15, 0.2) is 0 Å². The highest BCUT2D eigenvalue weighted by Gasteiger charge is 2.26. The number of piperidine rings is 1. The number of aromatic nitrogens is 1. The third kappa shape index (κ3) is 8.46. The van der Waals surface area contributed by atoms with Gasteiger partial charge >= 0.3 is 0 Å². The van der Waals surface area contributed by atoms with Crippen LogP contribution in [-0.4, -0.2) is 42.7 Å². The first kappa shape index (κ1) is 30.3. The van der Waals surface area contributed by atoms with E-state index >= 15 is 0 Å². The van der Waals surface area contributed by atoms with E-state index in [9.17, 15) is 0 Å². The predicted molar refractivity (Wildman–Crippen MR) is 181 cm³/mol. The monoisotopic (exact) mass is 571 g/mol. The van der Waals surface area contributed by atoms with Crippen molar-refractivity contribution in [2.75, 3.05) is 31.6 Å². The Hall–Kier alpha value is -4.15. The SMILES string of the molecule is COc1ccc(N(CC(=C/C(C)C)/C=C(\C)c2ccccc2)C2CCN(Cc3ccnc(-c4ccccc4)c3)CC2)cc1. The van der Waals surface area contributed by atoms with Crippen LogP contribution in [0.2, 0.25) is 0 Å². The molecule has 0 saturated carbocycles. The fraction of sp³-hybridized carbons (Fsp3) is 0.308. The van der Waals surface area contributed by atoms with Crippen LogP contribution in [0.3, 0.4) is 0 Å². The number of benzene rings is 3. The lowest BCUT2D eigenvalue weighted by Gasteiger charge is -2.40. The van der Waals surface area contributed by atoms with E-state index in [1.165, 1.54) is 33.5 Å². The van der Waals surface area contributed by atoms with Gasteiger partial charge in [-0.15, -0.1) is 0 Å². The molecule has 4 nitrogen and oxygen atoms in total. The van der Waals surface area contributed by atoms with Gasteiger partial charge in [-0.25, -0.2) is 0 Å². The van der Waals surface area contributed by atoms with Crippen LogP contribution in [0.5, 0.6) is 5.75 Å². The van der Waals surface area contributed by atoms with Gasteiger partial charge in [0.2, 0.25) is 0 Å². The number of methoxy groups -OCH3 is 1. The minimum Gasteiger partial charge on any atom is -0.497 e. The minimum atomic E-state index is 0.461. The highest BCUT2D eigenvalue weighted by molar-refractivity contribution is 5.67. The van der Waals surface area contributed by atoms with Crippen LogP contribution >= 0.6 is 0 Å². The zero-order chi connectivity index (χ0) is 30.0. The van der Waals surface area contributed by atoms with Crippen molar-refractivity contribution >= 4 is 11.3 Å². The molecule has 43 heavy (non-hydrogen) atoms. The molecule has 0 radical (unpaired) electrons. The van der Waals surface area contributed by atoms with Crippen LogP contribution in [0.4, 0.5) is 5.69 Å². The first-order chi connectivity index (χ1) is 21.0. The maximum absolute atomic E-state index is 5.49. The molecule has 3 aromatic carbocycles. The molecule has 0 amide bonds. The van der Waals surface area contributed by atoms with Crippen LogP contribution in [-0.2, 0) is 6.54 Å². The Bertz CT molecular complexity index is 1480. The van der Waals surface area contributed by atoms with Gasteiger partial charge in [0, 0.05) is 49.7 Å². The highest BCUT2D eigenvalue weighted by atomic mass is 16.5. The molecule has 5 rings (SSSR count). The molecule has 0 spiro atoms. The Morgan fingerprint density at radius 1 is 0.930 bits per heavy atom. The molecule has 0 bridgehead atoms. The van der Waals surface area contributed by atoms with Crippen LogP contribution in [0, 0.1) is 5.92 Å². The molecule has 0 aliphatic carbocycles. The van der Waals surface area contributed by atoms with Gasteiger partial charge in [0.25, 0.3) is 0 Å². The molecule has 222 valence electrons. The minimum absolute atomic E-state index is 0.461. The number of hydrogen-bond acceptors (Lipinski definition) is 4. The van der Waals surface area contributed by atoms with E-state index in [0.29, 0.717) is 12.0 Å². The van der Waals surface area contributed by atoms with Crippen molar-refractivity contribution in [2.45, 2.75) is 46.2 Å². The summed E-state index contributed by atoms with van der Waals surface area (Å²) in [5.74, 6) is 1.36. The third-order valence-electron chi connectivity index (χ3n) is 8.23. The van der Waals surface area contributed by atoms with E-state index in [4.69, 9.17) is 4.74 Å². The number of anilines is 1. The van der Waals surface area contributed by atoms with Crippen molar-refractivity contribution in [1.29, 1.82) is 0 Å². The van der Waals surface area contributed by atoms with Gasteiger partial charge in [-0.05, 0) is 84.4 Å². The van der Waals surface area contributed by atoms with Crippen LogP contribution < -0.4 is 9.64 Å². The summed E-state index contributed by atoms with van der Waals surface area (Å²) in [6.45, 7) is 10.7. The van der Waals surface area contributed by atoms with E-state index in [0.717, 1.165) is 50.5 Å². The molecule has 0 unspecified atom stereocenters. The van der Waals surface area contributed by atoms with Gasteiger partial charge in [-0.3, -0.25) is 9.88 Å². The summed E-state index contributed by atoms with van der Waals surface area (Å²) in [7, 11) is 1.73. The average Bonchev–Trinajstić information content (AvgIpc) is 3.05. The van der Waals surface area contributed by atoms with Gasteiger partial charge < -0.3 is 9.64 Å². The zero-order valence-electron chi connectivity index (χ0n) is 26.1. The summed E-state index contributed by atoms with van der Waals surface area (Å²) < 4.78 is 5.49. The maximum atomic E-state index is 5.49. The second-order valence-electron chi connectivity index (χ2n) is 11.9. The van der Waals surface area contributed by atoms with E-state index in [-0.39, 0.29) is 0 Å². The Balaban J connectivity index is 1.33. The number of hydrogen-bond donors (Lipinski definition) is 0. The van der Waals surface area contributed by atoms with Gasteiger partial charge in [0.05, 0.1) is 12.8 Å². The van der Waals surface area contributed by atoms with Crippen molar-refractivity contribution < 1.29 is 4.74 Å². The molecule has 2 heterocycles. The van der Waals surface area contributed by atoms with Crippen LogP contribution in [0.1, 0.15) is 44.7 Å². The molecule has 1 aliphatic heterocycles. The summed E-state index contributed by atoms with van der Waals surface area (Å²) in [6.07, 6.45) is 9.00. The fourth-order valence-electron chi connectivity index (χ4n) is 6.03. The summed E-state index contributed by atoms with van der Waals surface area (Å²) in [4.78, 5) is 9.85. The second-order valence-corrected chi connectivity index (χ2v) is 11.9. The Morgan fingerprint density at radius 3 is 2.26 bits per heavy atom. The summed E-state index contributed by atoms with van der Waals surface area (Å²) in [5, 5.41) is 0. The lowest BCUT2D eigenvalue weighted by molar-refractivity contribution is 0.202. The molecular formula is C39H45N3O. The quantitative estimate of drug-likeness (QED) is 0.168. The smallest absolute Gasteiger partial charge is 0.119 e. The maximum Gasteiger partial charge on any atom is 0.119 e. The first-order valence-corrected chi connectivity index (χ1v) is 15.6. The molecule has 1 saturated heterocycles. The van der Waals surface area contributed by atoms with Crippen molar-refractivity contribution in [1.82, 2.24) is 9.88 Å². The van der Waals surface area contributed by atoms with E-state index in [2.05, 4.69) is 145 Å². The lowest BCUT2D eigenvalue weighted by atomic mass is 9.98. The standard InChI is InChI=1S/C39H45N3O/c1-30(2)25-33(26-31(3)34-11-7-5-8-12-34)29-42(36-15-17-38(43-4)18-16-36)37-20-23-41(24-21-37)28-32-19-22-40-39(27-32)35-13-9-6-10-14-35/h5-19,22,25-27,30,37H,20-21,23-24,28-29H2,1-4H3/b31-26+,33-25+. The van der Waals surface area contributed by atoms with Gasteiger partial charge in [-0.1, -0.05) is 86.7 Å². The van der Waals surface area contributed by atoms with Gasteiger partial charge in [0.1, 0.15) is 5.75 Å². The largest absolute Gasteiger partial charge is 0.497 e. The number of nitrogens with zero attached hydrogens (tertiary/aromatic N) is 3. The molecule has 0 N–H and O–H groups in total. The van der Waals surface area contributed by atoms with Crippen LogP contribution in [0.15, 0.2) is 121 Å². The molecule has 0 atom stereocenters. The lowest BCUT2D eigenvalue weighted by Crippen LogP contribution is -2.45. The van der Waals surface area contributed by atoms with Crippen molar-refractivity contribution in [2.24, 2.45) is 5.92 Å². The zero-order valence-corrected chi connectivity index (χ0v) is 26.1. The van der Waals surface area contributed by atoms with E-state index in [1.807, 2.05) is 6.20 Å². The van der Waals surface area contributed by atoms with Crippen molar-refractivity contribution in [3.05, 3.63) is 132 Å². The molecule has 1 fully saturated rings. The number of pyridine rings is 1. The summed E-state index contributed by atoms with van der Waals surface area (Å²) in [6, 6.07) is 34.6. The topological polar surface area (TPSA) is 28.6 Å². The van der Waals surface area contributed by atoms with E-state index in [1.54, 1.807) is 7.11 Å². The van der Waals surface area contributed by atoms with Crippen LogP contribution in [0.25, 0.3) is 16.8 Å². The third-order valence-corrected chi connectivity index (χ3v) is 8.23. The van der Waals surface area contributed by atoms with Gasteiger partial charge in [-0.2, -0.15) is 0 Å².